The second-order valence-corrected chi connectivity index (χ2v) is 6.39. The van der Waals surface area contributed by atoms with Crippen molar-refractivity contribution in [1.82, 2.24) is 0 Å². The van der Waals surface area contributed by atoms with E-state index in [4.69, 9.17) is 4.74 Å². The van der Waals surface area contributed by atoms with Crippen LogP contribution in [0.15, 0.2) is 34.3 Å². The molecule has 4 atom stereocenters. The van der Waals surface area contributed by atoms with Crippen LogP contribution >= 0.6 is 0 Å². The van der Waals surface area contributed by atoms with Gasteiger partial charge in [0.25, 0.3) is 0 Å². The first-order valence-electron chi connectivity index (χ1n) is 8.06. The first-order valence-corrected chi connectivity index (χ1v) is 8.06. The highest BCUT2D eigenvalue weighted by molar-refractivity contribution is 6.06. The second kappa shape index (κ2) is 6.66. The molecule has 4 unspecified atom stereocenters. The van der Waals surface area contributed by atoms with Gasteiger partial charge < -0.3 is 4.74 Å². The molecular weight excluding hydrogens is 349 g/mol. The lowest BCUT2D eigenvalue weighted by molar-refractivity contribution is -0.144. The van der Waals surface area contributed by atoms with Crippen molar-refractivity contribution < 1.29 is 27.5 Å². The normalized spacial score (nSPS) is 28.3. The summed E-state index contributed by atoms with van der Waals surface area (Å²) < 4.78 is 44.3. The van der Waals surface area contributed by atoms with E-state index in [1.54, 1.807) is 6.92 Å². The zero-order valence-corrected chi connectivity index (χ0v) is 14.2. The summed E-state index contributed by atoms with van der Waals surface area (Å²) in [7, 11) is 1.20. The summed E-state index contributed by atoms with van der Waals surface area (Å²) in [4.78, 5) is 33.2. The molecule has 0 aliphatic carbocycles. The molecule has 8 heteroatoms. The lowest BCUT2D eigenvalue weighted by atomic mass is 9.67. The summed E-state index contributed by atoms with van der Waals surface area (Å²) in [5.41, 5.74) is -0.142. The van der Waals surface area contributed by atoms with E-state index in [9.17, 15) is 22.8 Å². The number of aliphatic imine (C=N–C) groups is 2. The molecule has 0 aromatic heterocycles. The zero-order valence-electron chi connectivity index (χ0n) is 14.2. The average molecular weight is 366 g/mol. The fraction of sp³-hybridized carbons (Fsp3) is 0.444. The number of benzene rings is 1. The van der Waals surface area contributed by atoms with Crippen LogP contribution in [-0.2, 0) is 20.5 Å². The van der Waals surface area contributed by atoms with Crippen molar-refractivity contribution in [2.24, 2.45) is 21.8 Å². The minimum atomic E-state index is -4.52. The minimum absolute atomic E-state index is 0.0703. The minimum Gasteiger partial charge on any atom is -0.468 e. The monoisotopic (exact) mass is 366 g/mol. The van der Waals surface area contributed by atoms with Gasteiger partial charge in [-0.15, -0.1) is 0 Å². The van der Waals surface area contributed by atoms with E-state index in [2.05, 4.69) is 9.98 Å². The number of Topliss-reactive ketones (excluding diaryl/α,β-unsaturated/α-hetero) is 1. The number of carbonyl (C=O) groups excluding carboxylic acids is 2. The fourth-order valence-electron chi connectivity index (χ4n) is 3.71. The molecule has 2 aliphatic heterocycles. The number of methoxy groups -OCH3 is 1. The molecule has 0 saturated heterocycles. The third-order valence-corrected chi connectivity index (χ3v) is 4.85. The molecule has 0 bridgehead atoms. The maximum absolute atomic E-state index is 13.1. The number of ketones is 1. The largest absolute Gasteiger partial charge is 0.468 e. The molecule has 0 saturated carbocycles. The van der Waals surface area contributed by atoms with Crippen molar-refractivity contribution >= 4 is 23.7 Å². The van der Waals surface area contributed by atoms with Crippen molar-refractivity contribution in [2.75, 3.05) is 13.7 Å². The molecule has 0 fully saturated rings. The van der Waals surface area contributed by atoms with Gasteiger partial charge in [-0.25, -0.2) is 0 Å². The Balaban J connectivity index is 2.16. The summed E-state index contributed by atoms with van der Waals surface area (Å²) >= 11 is 0. The van der Waals surface area contributed by atoms with Gasteiger partial charge in [0.15, 0.2) is 5.78 Å². The Hall–Kier alpha value is -2.51. The first kappa shape index (κ1) is 18.3. The van der Waals surface area contributed by atoms with Crippen LogP contribution in [-0.4, -0.2) is 43.4 Å². The zero-order chi connectivity index (χ0) is 19.1. The van der Waals surface area contributed by atoms with Crippen LogP contribution in [0, 0.1) is 11.8 Å². The van der Waals surface area contributed by atoms with Gasteiger partial charge in [0, 0.05) is 17.8 Å². The molecule has 2 aliphatic rings. The Morgan fingerprint density at radius 1 is 1.27 bits per heavy atom. The fourth-order valence-corrected chi connectivity index (χ4v) is 3.71. The topological polar surface area (TPSA) is 68.1 Å². The third-order valence-electron chi connectivity index (χ3n) is 4.85. The van der Waals surface area contributed by atoms with Crippen molar-refractivity contribution in [1.29, 1.82) is 0 Å². The van der Waals surface area contributed by atoms with E-state index in [0.717, 1.165) is 12.1 Å². The van der Waals surface area contributed by atoms with Gasteiger partial charge in [0.1, 0.15) is 5.92 Å². The number of nitrogens with zero attached hydrogens (tertiary/aromatic N) is 2. The predicted molar refractivity (Wildman–Crippen MR) is 88.4 cm³/mol. The van der Waals surface area contributed by atoms with Crippen molar-refractivity contribution in [2.45, 2.75) is 25.1 Å². The highest BCUT2D eigenvalue weighted by Crippen LogP contribution is 2.43. The van der Waals surface area contributed by atoms with Gasteiger partial charge in [0.05, 0.1) is 31.2 Å². The SMILES string of the molecule is COC(=O)C1C(C)=NC2C=NCC(=O)C2C1c1cccc(C(F)(F)F)c1. The lowest BCUT2D eigenvalue weighted by Crippen LogP contribution is -2.48. The van der Waals surface area contributed by atoms with Gasteiger partial charge in [-0.1, -0.05) is 18.2 Å². The number of hydrogen-bond acceptors (Lipinski definition) is 5. The highest BCUT2D eigenvalue weighted by atomic mass is 19.4. The summed E-state index contributed by atoms with van der Waals surface area (Å²) in [6, 6.07) is 4.16. The quantitative estimate of drug-likeness (QED) is 0.756. The summed E-state index contributed by atoms with van der Waals surface area (Å²) in [6.45, 7) is 1.55. The molecule has 0 spiro atoms. The van der Waals surface area contributed by atoms with Gasteiger partial charge in [-0.05, 0) is 18.6 Å². The Labute approximate surface area is 148 Å². The Bertz CT molecular complexity index is 801. The number of carbonyl (C=O) groups is 2. The van der Waals surface area contributed by atoms with Gasteiger partial charge >= 0.3 is 12.1 Å². The van der Waals surface area contributed by atoms with E-state index in [0.29, 0.717) is 5.71 Å². The summed E-state index contributed by atoms with van der Waals surface area (Å²) in [5, 5.41) is 0. The Kier molecular flexibility index (Phi) is 4.68. The molecule has 0 radical (unpaired) electrons. The molecule has 0 N–H and O–H groups in total. The summed E-state index contributed by atoms with van der Waals surface area (Å²) in [5.74, 6) is -3.32. The van der Waals surface area contributed by atoms with Gasteiger partial charge in [-0.3, -0.25) is 19.6 Å². The number of esters is 1. The molecule has 26 heavy (non-hydrogen) atoms. The average Bonchev–Trinajstić information content (AvgIpc) is 2.59. The van der Waals surface area contributed by atoms with E-state index in [-0.39, 0.29) is 17.9 Å². The third kappa shape index (κ3) is 3.15. The first-order chi connectivity index (χ1) is 12.2. The molecular formula is C18H17F3N2O3. The molecule has 0 amide bonds. The number of rotatable bonds is 2. The van der Waals surface area contributed by atoms with Crippen LogP contribution in [0.3, 0.4) is 0 Å². The standard InChI is InChI=1S/C18H17F3N2O3/c1-9-14(17(25)26-2)15(16-12(23-9)7-22-8-13(16)24)10-4-3-5-11(6-10)18(19,20)21/h3-7,12,14-16H,8H2,1-2H3. The predicted octanol–water partition coefficient (Wildman–Crippen LogP) is 2.69. The van der Waals surface area contributed by atoms with E-state index >= 15 is 0 Å². The smallest absolute Gasteiger partial charge is 0.416 e. The van der Waals surface area contributed by atoms with Crippen molar-refractivity contribution in [3.8, 4) is 0 Å². The maximum Gasteiger partial charge on any atom is 0.416 e. The molecule has 1 aromatic rings. The Morgan fingerprint density at radius 3 is 2.65 bits per heavy atom. The van der Waals surface area contributed by atoms with E-state index in [1.165, 1.54) is 25.5 Å². The van der Waals surface area contributed by atoms with E-state index < -0.39 is 41.5 Å². The van der Waals surface area contributed by atoms with Gasteiger partial charge in [-0.2, -0.15) is 13.2 Å². The molecule has 5 nitrogen and oxygen atoms in total. The number of halogens is 3. The molecule has 1 aromatic carbocycles. The lowest BCUT2D eigenvalue weighted by Gasteiger charge is -2.39. The van der Waals surface area contributed by atoms with Gasteiger partial charge in [0.2, 0.25) is 0 Å². The number of fused-ring (bicyclic) bond motifs is 1. The van der Waals surface area contributed by atoms with E-state index in [1.807, 2.05) is 0 Å². The van der Waals surface area contributed by atoms with Crippen molar-refractivity contribution in [3.63, 3.8) is 0 Å². The molecule has 2 heterocycles. The van der Waals surface area contributed by atoms with Crippen LogP contribution in [0.4, 0.5) is 13.2 Å². The highest BCUT2D eigenvalue weighted by Gasteiger charge is 2.48. The summed E-state index contributed by atoms with van der Waals surface area (Å²) in [6.07, 6.45) is -2.99. The number of hydrogen-bond donors (Lipinski definition) is 0. The second-order valence-electron chi connectivity index (χ2n) is 6.39. The molecule has 138 valence electrons. The molecule has 3 rings (SSSR count). The number of alkyl halides is 3. The van der Waals surface area contributed by atoms with Crippen LogP contribution in [0.1, 0.15) is 24.0 Å². The van der Waals surface area contributed by atoms with Crippen molar-refractivity contribution in [3.05, 3.63) is 35.4 Å². The van der Waals surface area contributed by atoms with Crippen LogP contribution in [0.25, 0.3) is 0 Å². The maximum atomic E-state index is 13.1. The van der Waals surface area contributed by atoms with Crippen LogP contribution in [0.2, 0.25) is 0 Å². The van der Waals surface area contributed by atoms with Crippen LogP contribution in [0.5, 0.6) is 0 Å². The van der Waals surface area contributed by atoms with Crippen LogP contribution < -0.4 is 0 Å². The Morgan fingerprint density at radius 2 is 2.00 bits per heavy atom. The number of ether oxygens (including phenoxy) is 1.